The first-order valence-electron chi connectivity index (χ1n) is 3.59. The van der Waals surface area contributed by atoms with Crippen LogP contribution in [0.1, 0.15) is 15.6 Å². The topological polar surface area (TPSA) is 68.4 Å². The Morgan fingerprint density at radius 2 is 2.42 bits per heavy atom. The molecule has 3 N–H and O–H groups in total. The molecule has 1 aromatic heterocycles. The number of thiazole rings is 1. The van der Waals surface area contributed by atoms with Gasteiger partial charge in [0.25, 0.3) is 0 Å². The van der Waals surface area contributed by atoms with Gasteiger partial charge in [0.2, 0.25) is 0 Å². The van der Waals surface area contributed by atoms with Crippen molar-refractivity contribution in [3.8, 4) is 0 Å². The Bertz CT molecular complexity index is 250. The molecular formula is C7H12N2O2S. The summed E-state index contributed by atoms with van der Waals surface area (Å²) in [6, 6.07) is 0. The maximum absolute atomic E-state index is 8.81. The Morgan fingerprint density at radius 1 is 1.67 bits per heavy atom. The minimum atomic E-state index is -0.0264. The molecule has 0 radical (unpaired) electrons. The van der Waals surface area contributed by atoms with Gasteiger partial charge in [0, 0.05) is 18.5 Å². The smallest absolute Gasteiger partial charge is 0.119 e. The van der Waals surface area contributed by atoms with Gasteiger partial charge in [0.15, 0.2) is 0 Å². The number of rotatable bonds is 4. The maximum atomic E-state index is 8.81. The molecule has 0 aromatic carbocycles. The Hall–Kier alpha value is -0.490. The average molecular weight is 188 g/mol. The van der Waals surface area contributed by atoms with E-state index in [1.807, 2.05) is 0 Å². The maximum Gasteiger partial charge on any atom is 0.119 e. The minimum absolute atomic E-state index is 0.0264. The molecular weight excluding hydrogens is 176 g/mol. The largest absolute Gasteiger partial charge is 0.389 e. The van der Waals surface area contributed by atoms with Gasteiger partial charge in [-0.1, -0.05) is 0 Å². The molecule has 0 unspecified atom stereocenters. The molecule has 1 rings (SSSR count). The summed E-state index contributed by atoms with van der Waals surface area (Å²) >= 11 is 1.43. The number of hydrogen-bond acceptors (Lipinski definition) is 5. The molecule has 0 saturated carbocycles. The molecule has 4 nitrogen and oxygen atoms in total. The molecule has 0 aliphatic rings. The molecule has 1 aromatic rings. The third-order valence-electron chi connectivity index (χ3n) is 1.42. The lowest BCUT2D eigenvalue weighted by molar-refractivity contribution is 0.180. The average Bonchev–Trinajstić information content (AvgIpc) is 2.48. The van der Waals surface area contributed by atoms with Crippen LogP contribution in [0.4, 0.5) is 0 Å². The number of aliphatic hydroxyl groups is 1. The van der Waals surface area contributed by atoms with Gasteiger partial charge < -0.3 is 15.6 Å². The molecule has 0 saturated heterocycles. The van der Waals surface area contributed by atoms with Crippen molar-refractivity contribution in [3.63, 3.8) is 0 Å². The van der Waals surface area contributed by atoms with Gasteiger partial charge in [-0.3, -0.25) is 0 Å². The van der Waals surface area contributed by atoms with E-state index in [1.165, 1.54) is 11.3 Å². The van der Waals surface area contributed by atoms with Crippen LogP contribution < -0.4 is 5.73 Å². The van der Waals surface area contributed by atoms with E-state index in [1.54, 1.807) is 7.11 Å². The van der Waals surface area contributed by atoms with Crippen LogP contribution in [0.3, 0.4) is 0 Å². The van der Waals surface area contributed by atoms with Crippen molar-refractivity contribution in [2.24, 2.45) is 5.73 Å². The summed E-state index contributed by atoms with van der Waals surface area (Å²) in [6.07, 6.45) is 0. The second-order valence-corrected chi connectivity index (χ2v) is 3.44. The summed E-state index contributed by atoms with van der Waals surface area (Å²) < 4.78 is 4.94. The van der Waals surface area contributed by atoms with E-state index in [-0.39, 0.29) is 6.61 Å². The number of methoxy groups -OCH3 is 1. The van der Waals surface area contributed by atoms with Gasteiger partial charge in [-0.15, -0.1) is 11.3 Å². The molecule has 0 spiro atoms. The monoisotopic (exact) mass is 188 g/mol. The molecule has 0 amide bonds. The number of aromatic nitrogens is 1. The van der Waals surface area contributed by atoms with Gasteiger partial charge in [-0.05, 0) is 0 Å². The molecule has 0 bridgehead atoms. The minimum Gasteiger partial charge on any atom is -0.389 e. The summed E-state index contributed by atoms with van der Waals surface area (Å²) in [5.41, 5.74) is 6.32. The summed E-state index contributed by atoms with van der Waals surface area (Å²) in [4.78, 5) is 5.14. The number of aliphatic hydroxyl groups excluding tert-OH is 1. The number of hydrogen-bond donors (Lipinski definition) is 2. The zero-order chi connectivity index (χ0) is 8.97. The Balaban J connectivity index is 2.84. The molecule has 0 fully saturated rings. The first-order chi connectivity index (χ1) is 5.81. The lowest BCUT2D eigenvalue weighted by Gasteiger charge is -1.95. The fraction of sp³-hybridized carbons (Fsp3) is 0.571. The van der Waals surface area contributed by atoms with Crippen LogP contribution in [0, 0.1) is 0 Å². The quantitative estimate of drug-likeness (QED) is 0.710. The van der Waals surface area contributed by atoms with Crippen molar-refractivity contribution in [1.82, 2.24) is 4.98 Å². The van der Waals surface area contributed by atoms with Gasteiger partial charge in [0.1, 0.15) is 5.01 Å². The Morgan fingerprint density at radius 3 is 2.92 bits per heavy atom. The van der Waals surface area contributed by atoms with E-state index in [0.717, 1.165) is 10.6 Å². The second kappa shape index (κ2) is 4.51. The number of ether oxygens (including phenoxy) is 1. The molecule has 5 heteroatoms. The third-order valence-corrected chi connectivity index (χ3v) is 2.53. The predicted molar refractivity (Wildman–Crippen MR) is 46.6 cm³/mol. The van der Waals surface area contributed by atoms with Gasteiger partial charge in [-0.25, -0.2) is 4.98 Å². The first kappa shape index (κ1) is 9.60. The molecule has 12 heavy (non-hydrogen) atoms. The summed E-state index contributed by atoms with van der Waals surface area (Å²) in [5, 5.41) is 9.50. The van der Waals surface area contributed by atoms with Crippen molar-refractivity contribution in [2.45, 2.75) is 19.8 Å². The highest BCUT2D eigenvalue weighted by Crippen LogP contribution is 2.18. The highest BCUT2D eigenvalue weighted by atomic mass is 32.1. The summed E-state index contributed by atoms with van der Waals surface area (Å²) in [7, 11) is 1.61. The van der Waals surface area contributed by atoms with Crippen LogP contribution in [-0.4, -0.2) is 17.2 Å². The summed E-state index contributed by atoms with van der Waals surface area (Å²) in [5.74, 6) is 0. The van der Waals surface area contributed by atoms with Crippen molar-refractivity contribution < 1.29 is 9.84 Å². The molecule has 0 aliphatic heterocycles. The van der Waals surface area contributed by atoms with Crippen molar-refractivity contribution in [3.05, 3.63) is 15.6 Å². The van der Waals surface area contributed by atoms with E-state index in [2.05, 4.69) is 4.98 Å². The fourth-order valence-electron chi connectivity index (χ4n) is 0.913. The fourth-order valence-corrected chi connectivity index (χ4v) is 1.72. The Labute approximate surface area is 75.0 Å². The van der Waals surface area contributed by atoms with Crippen LogP contribution in [0.25, 0.3) is 0 Å². The SMILES string of the molecule is COCc1nc(CO)sc1CN. The number of nitrogens with zero attached hydrogens (tertiary/aromatic N) is 1. The standard InChI is InChI=1S/C7H12N2O2S/c1-11-4-5-6(2-8)12-7(3-10)9-5/h10H,2-4,8H2,1H3. The van der Waals surface area contributed by atoms with Crippen molar-refractivity contribution >= 4 is 11.3 Å². The molecule has 68 valence electrons. The van der Waals surface area contributed by atoms with E-state index >= 15 is 0 Å². The van der Waals surface area contributed by atoms with Crippen LogP contribution in [0.5, 0.6) is 0 Å². The van der Waals surface area contributed by atoms with Crippen molar-refractivity contribution in [1.29, 1.82) is 0 Å². The van der Waals surface area contributed by atoms with Crippen LogP contribution in [0.15, 0.2) is 0 Å². The zero-order valence-electron chi connectivity index (χ0n) is 6.91. The third kappa shape index (κ3) is 2.01. The van der Waals surface area contributed by atoms with Crippen LogP contribution in [-0.2, 0) is 24.5 Å². The normalized spacial score (nSPS) is 10.6. The van der Waals surface area contributed by atoms with Crippen LogP contribution in [0.2, 0.25) is 0 Å². The predicted octanol–water partition coefficient (Wildman–Crippen LogP) is 0.241. The lowest BCUT2D eigenvalue weighted by Crippen LogP contribution is -1.99. The molecule has 1 heterocycles. The van der Waals surface area contributed by atoms with E-state index in [9.17, 15) is 0 Å². The summed E-state index contributed by atoms with van der Waals surface area (Å²) in [6.45, 7) is 0.890. The Kier molecular flexibility index (Phi) is 3.61. The first-order valence-corrected chi connectivity index (χ1v) is 4.40. The highest BCUT2D eigenvalue weighted by molar-refractivity contribution is 7.11. The molecule has 0 atom stereocenters. The highest BCUT2D eigenvalue weighted by Gasteiger charge is 2.08. The zero-order valence-corrected chi connectivity index (χ0v) is 7.73. The van der Waals surface area contributed by atoms with Gasteiger partial charge >= 0.3 is 0 Å². The second-order valence-electron chi connectivity index (χ2n) is 2.27. The van der Waals surface area contributed by atoms with Crippen LogP contribution >= 0.6 is 11.3 Å². The lowest BCUT2D eigenvalue weighted by atomic mass is 10.4. The van der Waals surface area contributed by atoms with E-state index < -0.39 is 0 Å². The van der Waals surface area contributed by atoms with Gasteiger partial charge in [0.05, 0.1) is 18.9 Å². The number of nitrogens with two attached hydrogens (primary N) is 1. The molecule has 0 aliphatic carbocycles. The van der Waals surface area contributed by atoms with Gasteiger partial charge in [-0.2, -0.15) is 0 Å². The van der Waals surface area contributed by atoms with E-state index in [4.69, 9.17) is 15.6 Å². The van der Waals surface area contributed by atoms with E-state index in [0.29, 0.717) is 18.2 Å². The van der Waals surface area contributed by atoms with Crippen molar-refractivity contribution in [2.75, 3.05) is 7.11 Å².